The molecule has 1 aromatic carbocycles. The molecule has 1 unspecified atom stereocenters. The Bertz CT molecular complexity index is 838. The van der Waals surface area contributed by atoms with E-state index in [1.54, 1.807) is 12.2 Å². The summed E-state index contributed by atoms with van der Waals surface area (Å²) in [7, 11) is 0. The average molecular weight is 325 g/mol. The van der Waals surface area contributed by atoms with E-state index < -0.39 is 17.4 Å². The summed E-state index contributed by atoms with van der Waals surface area (Å²) in [6, 6.07) is 9.62. The van der Waals surface area contributed by atoms with Gasteiger partial charge in [-0.25, -0.2) is 0 Å². The quantitative estimate of drug-likeness (QED) is 0.900. The second-order valence-corrected chi connectivity index (χ2v) is 6.28. The van der Waals surface area contributed by atoms with Crippen molar-refractivity contribution in [3.8, 4) is 10.4 Å². The van der Waals surface area contributed by atoms with Crippen LogP contribution in [0.1, 0.15) is 20.8 Å². The van der Waals surface area contributed by atoms with E-state index in [-0.39, 0.29) is 0 Å². The van der Waals surface area contributed by atoms with Crippen LogP contribution in [-0.2, 0) is 10.3 Å². The highest BCUT2D eigenvalue weighted by molar-refractivity contribution is 7.16. The lowest BCUT2D eigenvalue weighted by atomic mass is 9.92. The fraction of sp³-hybridized carbons (Fsp3) is 0.118. The predicted octanol–water partition coefficient (Wildman–Crippen LogP) is 2.14. The Morgan fingerprint density at radius 2 is 1.87 bits per heavy atom. The third kappa shape index (κ3) is 2.27. The van der Waals surface area contributed by atoms with Crippen LogP contribution in [0.2, 0.25) is 0 Å². The molecule has 2 aromatic rings. The summed E-state index contributed by atoms with van der Waals surface area (Å²) in [4.78, 5) is 29.6. The molecule has 2 amide bonds. The molecule has 0 spiro atoms. The number of nitrogens with two attached hydrogens (primary N) is 2. The van der Waals surface area contributed by atoms with E-state index in [1.807, 2.05) is 37.3 Å². The van der Waals surface area contributed by atoms with Crippen LogP contribution in [0.5, 0.6) is 0 Å². The molecule has 23 heavy (non-hydrogen) atoms. The minimum atomic E-state index is -1.35. The predicted molar refractivity (Wildman–Crippen MR) is 91.5 cm³/mol. The first-order valence-electron chi connectivity index (χ1n) is 6.99. The lowest BCUT2D eigenvalue weighted by Crippen LogP contribution is -2.37. The van der Waals surface area contributed by atoms with Gasteiger partial charge in [0.15, 0.2) is 5.54 Å². The van der Waals surface area contributed by atoms with Crippen LogP contribution in [0.15, 0.2) is 47.5 Å². The number of carbonyl (C=O) groups is 2. The number of aliphatic imine (C=N–C) groups is 1. The molecule has 1 aromatic heterocycles. The van der Waals surface area contributed by atoms with E-state index in [0.717, 1.165) is 16.0 Å². The van der Waals surface area contributed by atoms with Crippen molar-refractivity contribution in [2.45, 2.75) is 12.5 Å². The highest BCUT2D eigenvalue weighted by atomic mass is 32.1. The zero-order valence-corrected chi connectivity index (χ0v) is 13.3. The Morgan fingerprint density at radius 3 is 2.39 bits per heavy atom. The van der Waals surface area contributed by atoms with Gasteiger partial charge in [-0.15, -0.1) is 11.3 Å². The number of benzene rings is 1. The van der Waals surface area contributed by atoms with Crippen molar-refractivity contribution >= 4 is 29.4 Å². The van der Waals surface area contributed by atoms with E-state index in [4.69, 9.17) is 11.5 Å². The van der Waals surface area contributed by atoms with E-state index in [1.165, 1.54) is 17.6 Å². The molecular weight excluding hydrogens is 310 g/mol. The molecule has 5 nitrogen and oxygen atoms in total. The second-order valence-electron chi connectivity index (χ2n) is 5.26. The minimum Gasteiger partial charge on any atom is -0.367 e. The number of hydrogen-bond acceptors (Lipinski definition) is 4. The highest BCUT2D eigenvalue weighted by Gasteiger charge is 2.42. The molecule has 1 atom stereocenters. The zero-order chi connectivity index (χ0) is 16.6. The lowest BCUT2D eigenvalue weighted by molar-refractivity contribution is -0.121. The summed E-state index contributed by atoms with van der Waals surface area (Å²) in [5, 5.41) is 0. The molecule has 0 fully saturated rings. The summed E-state index contributed by atoms with van der Waals surface area (Å²) < 4.78 is 0. The lowest BCUT2D eigenvalue weighted by Gasteiger charge is -2.20. The maximum Gasteiger partial charge on any atom is 0.254 e. The van der Waals surface area contributed by atoms with Crippen molar-refractivity contribution in [3.05, 3.63) is 58.5 Å². The van der Waals surface area contributed by atoms with Crippen LogP contribution in [0.25, 0.3) is 10.4 Å². The monoisotopic (exact) mass is 325 g/mol. The van der Waals surface area contributed by atoms with Crippen molar-refractivity contribution in [1.82, 2.24) is 0 Å². The Kier molecular flexibility index (Phi) is 3.61. The molecule has 0 aliphatic carbocycles. The third-order valence-corrected chi connectivity index (χ3v) is 5.32. The largest absolute Gasteiger partial charge is 0.367 e. The molecule has 116 valence electrons. The first-order valence-corrected chi connectivity index (χ1v) is 7.81. The number of allylic oxidation sites excluding steroid dienone is 1. The topological polar surface area (TPSA) is 98.5 Å². The molecular formula is C17H15N3O2S. The van der Waals surface area contributed by atoms with E-state index >= 15 is 0 Å². The van der Waals surface area contributed by atoms with Gasteiger partial charge in [-0.3, -0.25) is 14.6 Å². The van der Waals surface area contributed by atoms with Crippen LogP contribution in [0.4, 0.5) is 0 Å². The van der Waals surface area contributed by atoms with E-state index in [0.29, 0.717) is 10.4 Å². The highest BCUT2D eigenvalue weighted by Crippen LogP contribution is 2.44. The fourth-order valence-corrected chi connectivity index (χ4v) is 4.17. The molecule has 3 rings (SSSR count). The SMILES string of the molecule is Cc1c(-c2ccccc2)sc(C2(C(N)=O)C=CC=N2)c1C(N)=O. The molecule has 1 aliphatic rings. The Hall–Kier alpha value is -2.73. The molecule has 2 heterocycles. The molecule has 6 heteroatoms. The van der Waals surface area contributed by atoms with Gasteiger partial charge < -0.3 is 11.5 Å². The minimum absolute atomic E-state index is 0.316. The summed E-state index contributed by atoms with van der Waals surface area (Å²) in [6.07, 6.45) is 4.75. The smallest absolute Gasteiger partial charge is 0.254 e. The standard InChI is InChI=1S/C17H15N3O2S/c1-10-12(15(18)21)14(17(16(19)22)8-5-9-20-17)23-13(10)11-6-3-2-4-7-11/h2-9H,1H3,(H2,18,21)(H2,19,22). The number of thiophene rings is 1. The number of amides is 2. The van der Waals surface area contributed by atoms with Crippen molar-refractivity contribution in [3.63, 3.8) is 0 Å². The molecule has 0 bridgehead atoms. The Balaban J connectivity index is 2.30. The van der Waals surface area contributed by atoms with Crippen LogP contribution >= 0.6 is 11.3 Å². The van der Waals surface area contributed by atoms with Gasteiger partial charge >= 0.3 is 0 Å². The van der Waals surface area contributed by atoms with Crippen LogP contribution in [-0.4, -0.2) is 18.0 Å². The van der Waals surface area contributed by atoms with Crippen molar-refractivity contribution in [2.75, 3.05) is 0 Å². The van der Waals surface area contributed by atoms with Gasteiger partial charge in [0, 0.05) is 11.1 Å². The summed E-state index contributed by atoms with van der Waals surface area (Å²) in [6.45, 7) is 1.82. The first-order chi connectivity index (χ1) is 11.0. The zero-order valence-electron chi connectivity index (χ0n) is 12.4. The molecule has 0 radical (unpaired) electrons. The van der Waals surface area contributed by atoms with Crippen LogP contribution in [0.3, 0.4) is 0 Å². The maximum absolute atomic E-state index is 12.1. The van der Waals surface area contributed by atoms with Gasteiger partial charge in [0.1, 0.15) is 0 Å². The Morgan fingerprint density at radius 1 is 1.17 bits per heavy atom. The molecule has 0 saturated heterocycles. The summed E-state index contributed by atoms with van der Waals surface area (Å²) in [5.74, 6) is -1.22. The number of nitrogens with zero attached hydrogens (tertiary/aromatic N) is 1. The number of rotatable bonds is 4. The number of hydrogen-bond donors (Lipinski definition) is 2. The van der Waals surface area contributed by atoms with Crippen molar-refractivity contribution < 1.29 is 9.59 Å². The molecule has 1 aliphatic heterocycles. The van der Waals surface area contributed by atoms with Gasteiger partial charge in [0.05, 0.1) is 10.4 Å². The van der Waals surface area contributed by atoms with E-state index in [2.05, 4.69) is 4.99 Å². The van der Waals surface area contributed by atoms with Crippen molar-refractivity contribution in [2.24, 2.45) is 16.5 Å². The summed E-state index contributed by atoms with van der Waals surface area (Å²) >= 11 is 1.33. The second kappa shape index (κ2) is 5.48. The first kappa shape index (κ1) is 15.2. The average Bonchev–Trinajstić information content (AvgIpc) is 3.13. The van der Waals surface area contributed by atoms with Crippen LogP contribution < -0.4 is 11.5 Å². The summed E-state index contributed by atoms with van der Waals surface area (Å²) in [5.41, 5.74) is 11.8. The van der Waals surface area contributed by atoms with Crippen molar-refractivity contribution in [1.29, 1.82) is 0 Å². The maximum atomic E-state index is 12.1. The number of carbonyl (C=O) groups excluding carboxylic acids is 2. The van der Waals surface area contributed by atoms with Gasteiger partial charge in [0.25, 0.3) is 5.91 Å². The fourth-order valence-electron chi connectivity index (χ4n) is 2.72. The third-order valence-electron chi connectivity index (χ3n) is 3.85. The normalized spacial score (nSPS) is 19.2. The van der Waals surface area contributed by atoms with Gasteiger partial charge in [0.2, 0.25) is 5.91 Å². The van der Waals surface area contributed by atoms with Gasteiger partial charge in [-0.1, -0.05) is 30.3 Å². The molecule has 0 saturated carbocycles. The number of primary amides is 2. The Labute approximate surface area is 137 Å². The molecule has 4 N–H and O–H groups in total. The van der Waals surface area contributed by atoms with Gasteiger partial charge in [-0.2, -0.15) is 0 Å². The van der Waals surface area contributed by atoms with E-state index in [9.17, 15) is 9.59 Å². The van der Waals surface area contributed by atoms with Crippen LogP contribution in [0, 0.1) is 6.92 Å². The van der Waals surface area contributed by atoms with Gasteiger partial charge in [-0.05, 0) is 30.2 Å².